The fourth-order valence-electron chi connectivity index (χ4n) is 2.24. The minimum Gasteiger partial charge on any atom is -0.493 e. The van der Waals surface area contributed by atoms with Gasteiger partial charge >= 0.3 is 6.01 Å². The van der Waals surface area contributed by atoms with Gasteiger partial charge in [-0.1, -0.05) is 34.4 Å². The molecular weight excluding hydrogens is 504 g/mol. The summed E-state index contributed by atoms with van der Waals surface area (Å²) in [6.45, 7) is 0.333. The number of anilines is 1. The van der Waals surface area contributed by atoms with Crippen molar-refractivity contribution in [1.82, 2.24) is 10.2 Å². The average Bonchev–Trinajstić information content (AvgIpc) is 3.06. The number of hydrogen-bond donors (Lipinski definition) is 1. The van der Waals surface area contributed by atoms with Crippen molar-refractivity contribution in [3.05, 3.63) is 61.0 Å². The van der Waals surface area contributed by atoms with Gasteiger partial charge in [-0.05, 0) is 64.1 Å². The fraction of sp³-hybridized carbons (Fsp3) is 0.111. The zero-order chi connectivity index (χ0) is 19.4. The van der Waals surface area contributed by atoms with Gasteiger partial charge in [0.25, 0.3) is 0 Å². The number of halogens is 3. The van der Waals surface area contributed by atoms with E-state index in [0.717, 1.165) is 14.7 Å². The number of nitrogen functional groups attached to an aromatic ring is 1. The number of nitrogens with two attached hydrogens (primary N) is 1. The molecule has 0 bridgehead atoms. The Morgan fingerprint density at radius 3 is 2.63 bits per heavy atom. The van der Waals surface area contributed by atoms with E-state index in [4.69, 9.17) is 42.8 Å². The Labute approximate surface area is 179 Å². The van der Waals surface area contributed by atoms with Crippen LogP contribution >= 0.6 is 45.8 Å². The van der Waals surface area contributed by atoms with Crippen molar-refractivity contribution < 1.29 is 13.9 Å². The molecule has 1 aromatic heterocycles. The first-order valence-corrected chi connectivity index (χ1v) is 9.51. The summed E-state index contributed by atoms with van der Waals surface area (Å²) in [4.78, 5) is 0. The van der Waals surface area contributed by atoms with Gasteiger partial charge in [-0.3, -0.25) is 0 Å². The largest absolute Gasteiger partial charge is 0.493 e. The van der Waals surface area contributed by atoms with Crippen molar-refractivity contribution in [3.8, 4) is 11.5 Å². The van der Waals surface area contributed by atoms with Crippen LogP contribution in [-0.4, -0.2) is 17.3 Å². The minimum absolute atomic E-state index is 0.0212. The molecule has 6 nitrogen and oxygen atoms in total. The minimum atomic E-state index is 0.0212. The predicted molar refractivity (Wildman–Crippen MR) is 114 cm³/mol. The summed E-state index contributed by atoms with van der Waals surface area (Å²) >= 11 is 14.2. The summed E-state index contributed by atoms with van der Waals surface area (Å²) in [7, 11) is 1.59. The van der Waals surface area contributed by atoms with Crippen LogP contribution in [0, 0.1) is 3.57 Å². The molecular formula is C18H14Cl2IN3O3. The van der Waals surface area contributed by atoms with Gasteiger partial charge in [-0.15, -0.1) is 5.10 Å². The van der Waals surface area contributed by atoms with Gasteiger partial charge in [0, 0.05) is 6.08 Å². The van der Waals surface area contributed by atoms with E-state index in [-0.39, 0.29) is 6.01 Å². The first-order chi connectivity index (χ1) is 13.0. The zero-order valence-electron chi connectivity index (χ0n) is 14.1. The molecule has 0 atom stereocenters. The molecule has 9 heteroatoms. The molecule has 0 fully saturated rings. The van der Waals surface area contributed by atoms with Gasteiger partial charge < -0.3 is 19.6 Å². The summed E-state index contributed by atoms with van der Waals surface area (Å²) < 4.78 is 17.4. The van der Waals surface area contributed by atoms with E-state index in [1.54, 1.807) is 25.3 Å². The van der Waals surface area contributed by atoms with E-state index >= 15 is 0 Å². The van der Waals surface area contributed by atoms with Gasteiger partial charge in [0.1, 0.15) is 6.61 Å². The lowest BCUT2D eigenvalue weighted by Crippen LogP contribution is -2.00. The second-order valence-electron chi connectivity index (χ2n) is 5.38. The smallest absolute Gasteiger partial charge is 0.313 e. The highest BCUT2D eigenvalue weighted by Gasteiger charge is 2.12. The van der Waals surface area contributed by atoms with Gasteiger partial charge in [0.05, 0.1) is 20.7 Å². The predicted octanol–water partition coefficient (Wildman–Crippen LogP) is 5.32. The molecule has 0 amide bonds. The standard InChI is InChI=1S/C18H14Cl2IN3O3/c1-25-15-8-10(3-5-16-23-24-18(22)27-16)7-14(21)17(15)26-9-11-2-4-12(19)13(20)6-11/h2-8H,9H2,1H3,(H2,22,24)/b5-3+. The Hall–Kier alpha value is -1.97. The Bertz CT molecular complexity index is 992. The third-order valence-electron chi connectivity index (χ3n) is 3.49. The van der Waals surface area contributed by atoms with Crippen molar-refractivity contribution in [3.63, 3.8) is 0 Å². The number of hydrogen-bond acceptors (Lipinski definition) is 6. The van der Waals surface area contributed by atoms with Crippen LogP contribution < -0.4 is 15.2 Å². The van der Waals surface area contributed by atoms with Gasteiger partial charge in [-0.2, -0.15) is 0 Å². The van der Waals surface area contributed by atoms with E-state index < -0.39 is 0 Å². The van der Waals surface area contributed by atoms with E-state index in [2.05, 4.69) is 32.8 Å². The highest BCUT2D eigenvalue weighted by atomic mass is 127. The van der Waals surface area contributed by atoms with E-state index in [1.807, 2.05) is 24.3 Å². The van der Waals surface area contributed by atoms with Crippen LogP contribution in [0.5, 0.6) is 11.5 Å². The SMILES string of the molecule is COc1cc(/C=C/c2nnc(N)o2)cc(I)c1OCc1ccc(Cl)c(Cl)c1. The molecule has 3 aromatic rings. The van der Waals surface area contributed by atoms with Crippen molar-refractivity contribution in [1.29, 1.82) is 0 Å². The second-order valence-corrected chi connectivity index (χ2v) is 7.36. The molecule has 1 heterocycles. The molecule has 27 heavy (non-hydrogen) atoms. The van der Waals surface area contributed by atoms with Crippen LogP contribution in [0.3, 0.4) is 0 Å². The highest BCUT2D eigenvalue weighted by molar-refractivity contribution is 14.1. The molecule has 0 saturated carbocycles. The third kappa shape index (κ3) is 5.06. The summed E-state index contributed by atoms with van der Waals surface area (Å²) in [6, 6.07) is 9.19. The van der Waals surface area contributed by atoms with Crippen LogP contribution in [-0.2, 0) is 6.61 Å². The molecule has 140 valence electrons. The van der Waals surface area contributed by atoms with Crippen molar-refractivity contribution in [2.45, 2.75) is 6.61 Å². The molecule has 0 aliphatic rings. The average molecular weight is 518 g/mol. The summed E-state index contributed by atoms with van der Waals surface area (Å²) in [6.07, 6.45) is 3.49. The first kappa shape index (κ1) is 19.8. The Balaban J connectivity index is 1.79. The first-order valence-electron chi connectivity index (χ1n) is 7.67. The maximum absolute atomic E-state index is 6.05. The Kier molecular flexibility index (Phi) is 6.46. The quantitative estimate of drug-likeness (QED) is 0.445. The van der Waals surface area contributed by atoms with Crippen LogP contribution in [0.1, 0.15) is 17.0 Å². The van der Waals surface area contributed by atoms with Crippen molar-refractivity contribution >= 4 is 64.0 Å². The number of methoxy groups -OCH3 is 1. The summed E-state index contributed by atoms with van der Waals surface area (Å²) in [5.74, 6) is 1.57. The Morgan fingerprint density at radius 2 is 1.96 bits per heavy atom. The van der Waals surface area contributed by atoms with Gasteiger partial charge in [0.2, 0.25) is 5.89 Å². The maximum atomic E-state index is 6.05. The molecule has 0 unspecified atom stereocenters. The van der Waals surface area contributed by atoms with Gasteiger partial charge in [0.15, 0.2) is 11.5 Å². The molecule has 0 saturated heterocycles. The number of rotatable bonds is 6. The Morgan fingerprint density at radius 1 is 1.15 bits per heavy atom. The normalized spacial score (nSPS) is 11.1. The third-order valence-corrected chi connectivity index (χ3v) is 5.03. The topological polar surface area (TPSA) is 83.4 Å². The lowest BCUT2D eigenvalue weighted by atomic mass is 10.2. The summed E-state index contributed by atoms with van der Waals surface area (Å²) in [5, 5.41) is 8.38. The van der Waals surface area contributed by atoms with Crippen LogP contribution in [0.4, 0.5) is 6.01 Å². The number of aromatic nitrogens is 2. The highest BCUT2D eigenvalue weighted by Crippen LogP contribution is 2.35. The molecule has 3 rings (SSSR count). The second kappa shape index (κ2) is 8.81. The van der Waals surface area contributed by atoms with Crippen molar-refractivity contribution in [2.75, 3.05) is 12.8 Å². The van der Waals surface area contributed by atoms with Crippen molar-refractivity contribution in [2.24, 2.45) is 0 Å². The molecule has 0 radical (unpaired) electrons. The monoisotopic (exact) mass is 517 g/mol. The van der Waals surface area contributed by atoms with Crippen LogP contribution in [0.15, 0.2) is 34.7 Å². The molecule has 0 aliphatic heterocycles. The van der Waals surface area contributed by atoms with E-state index in [1.165, 1.54) is 0 Å². The maximum Gasteiger partial charge on any atom is 0.313 e. The fourth-order valence-corrected chi connectivity index (χ4v) is 3.34. The lowest BCUT2D eigenvalue weighted by molar-refractivity contribution is 0.282. The molecule has 0 aliphatic carbocycles. The van der Waals surface area contributed by atoms with Gasteiger partial charge in [-0.25, -0.2) is 0 Å². The van der Waals surface area contributed by atoms with Crippen LogP contribution in [0.25, 0.3) is 12.2 Å². The zero-order valence-corrected chi connectivity index (χ0v) is 17.7. The lowest BCUT2D eigenvalue weighted by Gasteiger charge is -2.14. The number of benzene rings is 2. The molecule has 2 aromatic carbocycles. The van der Waals surface area contributed by atoms with E-state index in [9.17, 15) is 0 Å². The number of ether oxygens (including phenoxy) is 2. The molecule has 0 spiro atoms. The number of nitrogens with zero attached hydrogens (tertiary/aromatic N) is 2. The summed E-state index contributed by atoms with van der Waals surface area (Å²) in [5.41, 5.74) is 7.20. The molecule has 2 N–H and O–H groups in total. The van der Waals surface area contributed by atoms with Crippen LogP contribution in [0.2, 0.25) is 10.0 Å². The van der Waals surface area contributed by atoms with E-state index in [0.29, 0.717) is 34.0 Å².